The van der Waals surface area contributed by atoms with E-state index in [4.69, 9.17) is 4.74 Å². The maximum absolute atomic E-state index is 5.48. The second-order valence-corrected chi connectivity index (χ2v) is 5.56. The normalized spacial score (nSPS) is 23.6. The van der Waals surface area contributed by atoms with Crippen molar-refractivity contribution in [1.29, 1.82) is 0 Å². The fraction of sp³-hybridized carbons (Fsp3) is 1.00. The minimum atomic E-state index is 0.783. The Morgan fingerprint density at radius 2 is 2.06 bits per heavy atom. The van der Waals surface area contributed by atoms with Crippen molar-refractivity contribution >= 4 is 12.6 Å². The molecule has 0 N–H and O–H groups in total. The maximum Gasteiger partial charge on any atom is 0.0593 e. The van der Waals surface area contributed by atoms with Crippen LogP contribution >= 0.6 is 12.6 Å². The van der Waals surface area contributed by atoms with Crippen LogP contribution < -0.4 is 0 Å². The van der Waals surface area contributed by atoms with E-state index in [0.29, 0.717) is 0 Å². The third kappa shape index (κ3) is 5.55. The first-order valence-corrected chi connectivity index (χ1v) is 7.28. The molecule has 0 aromatic heterocycles. The second kappa shape index (κ2) is 8.37. The van der Waals surface area contributed by atoms with Crippen molar-refractivity contribution < 1.29 is 4.74 Å². The zero-order valence-electron chi connectivity index (χ0n) is 10.8. The molecule has 0 saturated carbocycles. The Morgan fingerprint density at radius 1 is 1.25 bits per heavy atom. The Hall–Kier alpha value is 0.270. The van der Waals surface area contributed by atoms with Crippen LogP contribution in [0.25, 0.3) is 0 Å². The van der Waals surface area contributed by atoms with E-state index in [9.17, 15) is 0 Å². The van der Waals surface area contributed by atoms with Gasteiger partial charge in [0.05, 0.1) is 13.2 Å². The van der Waals surface area contributed by atoms with Gasteiger partial charge in [-0.05, 0) is 44.2 Å². The Bertz CT molecular complexity index is 175. The van der Waals surface area contributed by atoms with E-state index in [0.717, 1.165) is 37.3 Å². The van der Waals surface area contributed by atoms with Crippen LogP contribution in [-0.2, 0) is 4.74 Å². The third-order valence-corrected chi connectivity index (χ3v) is 3.78. The summed E-state index contributed by atoms with van der Waals surface area (Å²) in [6.07, 6.45) is 4.13. The Labute approximate surface area is 106 Å². The third-order valence-electron chi connectivity index (χ3n) is 3.60. The van der Waals surface area contributed by atoms with Crippen LogP contribution in [0.5, 0.6) is 0 Å². The number of hydrogen-bond acceptors (Lipinski definition) is 3. The van der Waals surface area contributed by atoms with Crippen LogP contribution in [0.15, 0.2) is 0 Å². The van der Waals surface area contributed by atoms with Crippen molar-refractivity contribution in [3.8, 4) is 0 Å². The fourth-order valence-electron chi connectivity index (χ4n) is 2.43. The van der Waals surface area contributed by atoms with Crippen molar-refractivity contribution in [2.45, 2.75) is 33.1 Å². The zero-order chi connectivity index (χ0) is 11.8. The molecule has 1 unspecified atom stereocenters. The Kier molecular flexibility index (Phi) is 7.50. The lowest BCUT2D eigenvalue weighted by Crippen LogP contribution is -2.29. The summed E-state index contributed by atoms with van der Waals surface area (Å²) >= 11 is 4.13. The molecule has 1 saturated heterocycles. The number of nitrogens with zero attached hydrogens (tertiary/aromatic N) is 1. The molecule has 16 heavy (non-hydrogen) atoms. The molecule has 0 amide bonds. The van der Waals surface area contributed by atoms with Gasteiger partial charge >= 0.3 is 0 Å². The van der Waals surface area contributed by atoms with Crippen molar-refractivity contribution in [2.75, 3.05) is 38.6 Å². The summed E-state index contributed by atoms with van der Waals surface area (Å²) in [6.45, 7) is 9.98. The van der Waals surface area contributed by atoms with Crippen LogP contribution in [0.1, 0.15) is 33.1 Å². The predicted octanol–water partition coefficient (Wildman–Crippen LogP) is 2.69. The highest BCUT2D eigenvalue weighted by molar-refractivity contribution is 7.80. The van der Waals surface area contributed by atoms with Gasteiger partial charge < -0.3 is 9.64 Å². The number of likely N-dealkylation sites (tertiary alicyclic amines) is 1. The molecule has 1 rings (SSSR count). The molecule has 0 radical (unpaired) electrons. The summed E-state index contributed by atoms with van der Waals surface area (Å²) in [6, 6.07) is 0. The number of thiol groups is 1. The van der Waals surface area contributed by atoms with Crippen LogP contribution in [0.4, 0.5) is 0 Å². The number of hydrogen-bond donors (Lipinski definition) is 1. The summed E-state index contributed by atoms with van der Waals surface area (Å²) in [5.74, 6) is 2.61. The molecule has 1 atom stereocenters. The number of rotatable bonds is 6. The first-order valence-electron chi connectivity index (χ1n) is 6.65. The van der Waals surface area contributed by atoms with Crippen molar-refractivity contribution in [3.05, 3.63) is 0 Å². The molecule has 0 spiro atoms. The largest absolute Gasteiger partial charge is 0.379 e. The van der Waals surface area contributed by atoms with E-state index in [1.54, 1.807) is 0 Å². The van der Waals surface area contributed by atoms with E-state index >= 15 is 0 Å². The van der Waals surface area contributed by atoms with Gasteiger partial charge in [-0.15, -0.1) is 0 Å². The minimum absolute atomic E-state index is 0.783. The van der Waals surface area contributed by atoms with Crippen LogP contribution in [-0.4, -0.2) is 43.5 Å². The Balaban J connectivity index is 2.15. The lowest BCUT2D eigenvalue weighted by molar-refractivity contribution is 0.116. The van der Waals surface area contributed by atoms with Gasteiger partial charge in [-0.2, -0.15) is 12.6 Å². The first kappa shape index (κ1) is 14.3. The molecular weight excluding hydrogens is 218 g/mol. The lowest BCUT2D eigenvalue weighted by atomic mass is 9.89. The van der Waals surface area contributed by atoms with Gasteiger partial charge in [0, 0.05) is 12.3 Å². The standard InChI is InChI=1S/C13H27NOS/c1-12(2)13-4-3-6-14(7-5-13)8-9-15-10-11-16/h12-13,16H,3-11H2,1-2H3. The van der Waals surface area contributed by atoms with Gasteiger partial charge in [0.1, 0.15) is 0 Å². The van der Waals surface area contributed by atoms with Crippen LogP contribution in [0.2, 0.25) is 0 Å². The molecule has 0 aliphatic carbocycles. The quantitative estimate of drug-likeness (QED) is 0.570. The minimum Gasteiger partial charge on any atom is -0.379 e. The molecule has 0 aromatic carbocycles. The van der Waals surface area contributed by atoms with Crippen LogP contribution in [0, 0.1) is 11.8 Å². The highest BCUT2D eigenvalue weighted by Gasteiger charge is 2.18. The van der Waals surface area contributed by atoms with E-state index in [-0.39, 0.29) is 0 Å². The highest BCUT2D eigenvalue weighted by atomic mass is 32.1. The summed E-state index contributed by atoms with van der Waals surface area (Å²) in [5.41, 5.74) is 0. The molecule has 1 aliphatic heterocycles. The van der Waals surface area contributed by atoms with Crippen LogP contribution in [0.3, 0.4) is 0 Å². The average molecular weight is 245 g/mol. The second-order valence-electron chi connectivity index (χ2n) is 5.11. The van der Waals surface area contributed by atoms with Gasteiger partial charge in [0.25, 0.3) is 0 Å². The molecule has 96 valence electrons. The number of ether oxygens (including phenoxy) is 1. The summed E-state index contributed by atoms with van der Waals surface area (Å²) in [4.78, 5) is 2.56. The summed E-state index contributed by atoms with van der Waals surface area (Å²) in [5, 5.41) is 0. The first-order chi connectivity index (χ1) is 7.74. The zero-order valence-corrected chi connectivity index (χ0v) is 11.7. The van der Waals surface area contributed by atoms with E-state index in [1.807, 2.05) is 0 Å². The summed E-state index contributed by atoms with van der Waals surface area (Å²) in [7, 11) is 0. The van der Waals surface area contributed by atoms with Gasteiger partial charge in [-0.3, -0.25) is 0 Å². The Morgan fingerprint density at radius 3 is 2.75 bits per heavy atom. The lowest BCUT2D eigenvalue weighted by Gasteiger charge is -2.21. The molecule has 2 nitrogen and oxygen atoms in total. The molecule has 0 bridgehead atoms. The molecule has 1 aliphatic rings. The monoisotopic (exact) mass is 245 g/mol. The van der Waals surface area contributed by atoms with Gasteiger partial charge in [0.15, 0.2) is 0 Å². The fourth-order valence-corrected chi connectivity index (χ4v) is 2.56. The average Bonchev–Trinajstić information content (AvgIpc) is 2.50. The van der Waals surface area contributed by atoms with Crippen molar-refractivity contribution in [3.63, 3.8) is 0 Å². The van der Waals surface area contributed by atoms with E-state index < -0.39 is 0 Å². The van der Waals surface area contributed by atoms with E-state index in [1.165, 1.54) is 32.4 Å². The highest BCUT2D eigenvalue weighted by Crippen LogP contribution is 2.24. The SMILES string of the molecule is CC(C)C1CCCN(CCOCCS)CC1. The van der Waals surface area contributed by atoms with Crippen molar-refractivity contribution in [1.82, 2.24) is 4.90 Å². The predicted molar refractivity (Wildman–Crippen MR) is 73.3 cm³/mol. The van der Waals surface area contributed by atoms with Gasteiger partial charge in [-0.25, -0.2) is 0 Å². The van der Waals surface area contributed by atoms with Crippen molar-refractivity contribution in [2.24, 2.45) is 11.8 Å². The molecule has 3 heteroatoms. The summed E-state index contributed by atoms with van der Waals surface area (Å²) < 4.78 is 5.48. The topological polar surface area (TPSA) is 12.5 Å². The molecular formula is C13H27NOS. The molecule has 1 heterocycles. The maximum atomic E-state index is 5.48. The van der Waals surface area contributed by atoms with E-state index in [2.05, 4.69) is 31.4 Å². The van der Waals surface area contributed by atoms with Gasteiger partial charge in [0.2, 0.25) is 0 Å². The smallest absolute Gasteiger partial charge is 0.0593 e. The van der Waals surface area contributed by atoms with Gasteiger partial charge in [-0.1, -0.05) is 13.8 Å². The molecule has 0 aromatic rings. The molecule has 1 fully saturated rings.